The highest BCUT2D eigenvalue weighted by molar-refractivity contribution is 5.76. The Morgan fingerprint density at radius 1 is 1.05 bits per heavy atom. The van der Waals surface area contributed by atoms with E-state index in [1.807, 2.05) is 0 Å². The van der Waals surface area contributed by atoms with Gasteiger partial charge in [0.05, 0.1) is 0 Å². The summed E-state index contributed by atoms with van der Waals surface area (Å²) < 4.78 is 0. The minimum atomic E-state index is 0.251. The molecule has 19 heavy (non-hydrogen) atoms. The van der Waals surface area contributed by atoms with Crippen molar-refractivity contribution in [1.82, 2.24) is 5.32 Å². The van der Waals surface area contributed by atoms with Gasteiger partial charge < -0.3 is 11.1 Å². The van der Waals surface area contributed by atoms with E-state index in [9.17, 15) is 4.79 Å². The summed E-state index contributed by atoms with van der Waals surface area (Å²) in [4.78, 5) is 12.0. The Labute approximate surface area is 117 Å². The molecule has 2 atom stereocenters. The lowest BCUT2D eigenvalue weighted by Crippen LogP contribution is -2.39. The maximum absolute atomic E-state index is 12.0. The molecule has 1 amide bonds. The van der Waals surface area contributed by atoms with Crippen LogP contribution in [0.2, 0.25) is 0 Å². The Hall–Kier alpha value is -0.570. The number of hydrogen-bond donors (Lipinski definition) is 2. The summed E-state index contributed by atoms with van der Waals surface area (Å²) in [5.41, 5.74) is 5.75. The second-order valence-electron chi connectivity index (χ2n) is 6.50. The monoisotopic (exact) mass is 266 g/mol. The zero-order valence-electron chi connectivity index (χ0n) is 12.2. The molecule has 2 fully saturated rings. The average molecular weight is 266 g/mol. The summed E-state index contributed by atoms with van der Waals surface area (Å²) in [6, 6.07) is 0.354. The molecule has 0 saturated heterocycles. The highest BCUT2D eigenvalue weighted by Crippen LogP contribution is 2.28. The van der Waals surface area contributed by atoms with Crippen LogP contribution in [0.25, 0.3) is 0 Å². The molecule has 0 radical (unpaired) electrons. The molecule has 0 spiro atoms. The standard InChI is InChI=1S/C16H30N2O/c17-12-14-9-5-10-15(14)18-16(19)11-4-8-13-6-2-1-3-7-13/h13-15H,1-12,17H2,(H,18,19). The average Bonchev–Trinajstić information content (AvgIpc) is 2.87. The van der Waals surface area contributed by atoms with Gasteiger partial charge in [-0.3, -0.25) is 4.79 Å². The third kappa shape index (κ3) is 4.79. The first-order valence-electron chi connectivity index (χ1n) is 8.29. The van der Waals surface area contributed by atoms with Gasteiger partial charge in [0.25, 0.3) is 0 Å². The van der Waals surface area contributed by atoms with E-state index < -0.39 is 0 Å². The smallest absolute Gasteiger partial charge is 0.220 e. The van der Waals surface area contributed by atoms with E-state index in [4.69, 9.17) is 5.73 Å². The molecule has 2 aliphatic rings. The molecule has 3 nitrogen and oxygen atoms in total. The second-order valence-corrected chi connectivity index (χ2v) is 6.50. The molecule has 2 saturated carbocycles. The first-order chi connectivity index (χ1) is 9.29. The topological polar surface area (TPSA) is 55.1 Å². The Morgan fingerprint density at radius 2 is 1.84 bits per heavy atom. The van der Waals surface area contributed by atoms with Crippen molar-refractivity contribution < 1.29 is 4.79 Å². The number of rotatable bonds is 6. The largest absolute Gasteiger partial charge is 0.353 e. The molecule has 0 aromatic heterocycles. The molecule has 0 aromatic carbocycles. The van der Waals surface area contributed by atoms with Crippen LogP contribution in [0.15, 0.2) is 0 Å². The Morgan fingerprint density at radius 3 is 2.58 bits per heavy atom. The lowest BCUT2D eigenvalue weighted by molar-refractivity contribution is -0.122. The third-order valence-corrected chi connectivity index (χ3v) is 5.05. The number of carbonyl (C=O) groups is 1. The van der Waals surface area contributed by atoms with Crippen LogP contribution in [0, 0.1) is 11.8 Å². The fourth-order valence-corrected chi connectivity index (χ4v) is 3.82. The Bertz CT molecular complexity index is 274. The zero-order valence-corrected chi connectivity index (χ0v) is 12.2. The van der Waals surface area contributed by atoms with Gasteiger partial charge in [0.1, 0.15) is 0 Å². The summed E-state index contributed by atoms with van der Waals surface area (Å²) in [6.07, 6.45) is 13.5. The van der Waals surface area contributed by atoms with Crippen LogP contribution in [0.5, 0.6) is 0 Å². The molecule has 2 unspecified atom stereocenters. The Kier molecular flexibility index (Phi) is 6.15. The molecule has 3 heteroatoms. The van der Waals surface area contributed by atoms with Gasteiger partial charge in [0.15, 0.2) is 0 Å². The fourth-order valence-electron chi connectivity index (χ4n) is 3.82. The van der Waals surface area contributed by atoms with Crippen molar-refractivity contribution in [3.63, 3.8) is 0 Å². The van der Waals surface area contributed by atoms with Crippen LogP contribution in [-0.4, -0.2) is 18.5 Å². The second kappa shape index (κ2) is 7.88. The SMILES string of the molecule is NCC1CCCC1NC(=O)CCCC1CCCCC1. The van der Waals surface area contributed by atoms with Gasteiger partial charge in [-0.2, -0.15) is 0 Å². The molecule has 0 heterocycles. The van der Waals surface area contributed by atoms with Gasteiger partial charge in [-0.1, -0.05) is 38.5 Å². The van der Waals surface area contributed by atoms with Crippen LogP contribution in [0.1, 0.15) is 70.6 Å². The fraction of sp³-hybridized carbons (Fsp3) is 0.938. The van der Waals surface area contributed by atoms with Gasteiger partial charge in [-0.05, 0) is 44.1 Å². The minimum Gasteiger partial charge on any atom is -0.353 e. The van der Waals surface area contributed by atoms with Gasteiger partial charge in [-0.15, -0.1) is 0 Å². The van der Waals surface area contributed by atoms with Gasteiger partial charge in [-0.25, -0.2) is 0 Å². The van der Waals surface area contributed by atoms with Crippen molar-refractivity contribution in [3.8, 4) is 0 Å². The lowest BCUT2D eigenvalue weighted by Gasteiger charge is -2.22. The molecular weight excluding hydrogens is 236 g/mol. The molecule has 0 aliphatic heterocycles. The van der Waals surface area contributed by atoms with Crippen LogP contribution >= 0.6 is 0 Å². The number of nitrogens with one attached hydrogen (secondary N) is 1. The molecule has 0 bridgehead atoms. The molecule has 3 N–H and O–H groups in total. The molecule has 0 aromatic rings. The summed E-state index contributed by atoms with van der Waals surface area (Å²) in [7, 11) is 0. The van der Waals surface area contributed by atoms with Crippen LogP contribution in [-0.2, 0) is 4.79 Å². The lowest BCUT2D eigenvalue weighted by atomic mass is 9.86. The first-order valence-corrected chi connectivity index (χ1v) is 8.29. The van der Waals surface area contributed by atoms with Crippen molar-refractivity contribution in [2.75, 3.05) is 6.54 Å². The summed E-state index contributed by atoms with van der Waals surface area (Å²) >= 11 is 0. The van der Waals surface area contributed by atoms with Crippen molar-refractivity contribution in [2.24, 2.45) is 17.6 Å². The third-order valence-electron chi connectivity index (χ3n) is 5.05. The van der Waals surface area contributed by atoms with Crippen LogP contribution in [0.4, 0.5) is 0 Å². The molecule has 2 rings (SSSR count). The quantitative estimate of drug-likeness (QED) is 0.776. The predicted octanol–water partition coefficient (Wildman–Crippen LogP) is 2.98. The maximum Gasteiger partial charge on any atom is 0.220 e. The van der Waals surface area contributed by atoms with E-state index >= 15 is 0 Å². The number of hydrogen-bond acceptors (Lipinski definition) is 2. The summed E-state index contributed by atoms with van der Waals surface area (Å²) in [5, 5.41) is 3.20. The van der Waals surface area contributed by atoms with Crippen molar-refractivity contribution in [3.05, 3.63) is 0 Å². The van der Waals surface area contributed by atoms with Gasteiger partial charge >= 0.3 is 0 Å². The zero-order chi connectivity index (χ0) is 13.5. The molecule has 2 aliphatic carbocycles. The van der Waals surface area contributed by atoms with Crippen LogP contribution < -0.4 is 11.1 Å². The van der Waals surface area contributed by atoms with E-state index in [1.54, 1.807) is 0 Å². The summed E-state index contributed by atoms with van der Waals surface area (Å²) in [6.45, 7) is 0.715. The summed E-state index contributed by atoms with van der Waals surface area (Å²) in [5.74, 6) is 1.66. The highest BCUT2D eigenvalue weighted by Gasteiger charge is 2.27. The highest BCUT2D eigenvalue weighted by atomic mass is 16.1. The van der Waals surface area contributed by atoms with E-state index in [0.717, 1.165) is 18.8 Å². The number of carbonyl (C=O) groups excluding carboxylic acids is 1. The van der Waals surface area contributed by atoms with Crippen molar-refractivity contribution in [2.45, 2.75) is 76.7 Å². The van der Waals surface area contributed by atoms with E-state index in [-0.39, 0.29) is 5.91 Å². The van der Waals surface area contributed by atoms with E-state index in [2.05, 4.69) is 5.32 Å². The minimum absolute atomic E-state index is 0.251. The number of nitrogens with two attached hydrogens (primary N) is 1. The van der Waals surface area contributed by atoms with E-state index in [0.29, 0.717) is 24.9 Å². The van der Waals surface area contributed by atoms with Gasteiger partial charge in [0.2, 0.25) is 5.91 Å². The maximum atomic E-state index is 12.0. The number of amides is 1. The van der Waals surface area contributed by atoms with Crippen LogP contribution in [0.3, 0.4) is 0 Å². The van der Waals surface area contributed by atoms with Crippen molar-refractivity contribution in [1.29, 1.82) is 0 Å². The first kappa shape index (κ1) is 14.8. The molecular formula is C16H30N2O. The Balaban J connectivity index is 1.59. The predicted molar refractivity (Wildman–Crippen MR) is 78.8 cm³/mol. The van der Waals surface area contributed by atoms with E-state index in [1.165, 1.54) is 51.4 Å². The molecule has 110 valence electrons. The van der Waals surface area contributed by atoms with Crippen molar-refractivity contribution >= 4 is 5.91 Å². The normalized spacial score (nSPS) is 28.5. The van der Waals surface area contributed by atoms with Gasteiger partial charge in [0, 0.05) is 12.5 Å².